The third-order valence-corrected chi connectivity index (χ3v) is 5.15. The molecule has 1 fully saturated rings. The van der Waals surface area contributed by atoms with Crippen LogP contribution in [-0.4, -0.2) is 11.0 Å². The molecule has 21 heavy (non-hydrogen) atoms. The van der Waals surface area contributed by atoms with Crippen LogP contribution in [0.3, 0.4) is 0 Å². The number of fused-ring (bicyclic) bond motifs is 1. The number of ether oxygens (including phenoxy) is 1. The molecular weight excluding hydrogens is 280 g/mol. The van der Waals surface area contributed by atoms with Crippen molar-refractivity contribution in [2.45, 2.75) is 36.9 Å². The highest BCUT2D eigenvalue weighted by atomic mass is 32.2. The number of thioether (sulfide) groups is 1. The Hall–Kier alpha value is -1.48. The van der Waals surface area contributed by atoms with Crippen molar-refractivity contribution in [3.8, 4) is 0 Å². The largest absolute Gasteiger partial charge is 0.475 e. The molecule has 0 saturated carbocycles. The Morgan fingerprint density at radius 1 is 1.29 bits per heavy atom. The van der Waals surface area contributed by atoms with Crippen molar-refractivity contribution in [3.63, 3.8) is 0 Å². The van der Waals surface area contributed by atoms with Crippen LogP contribution in [0.25, 0.3) is 0 Å². The average molecular weight is 300 g/mol. The van der Waals surface area contributed by atoms with Gasteiger partial charge in [-0.2, -0.15) is 0 Å². The number of rotatable bonds is 3. The second-order valence-corrected chi connectivity index (χ2v) is 7.65. The predicted octanol–water partition coefficient (Wildman–Crippen LogP) is 4.43. The molecule has 0 N–H and O–H groups in total. The van der Waals surface area contributed by atoms with E-state index in [1.807, 2.05) is 36.4 Å². The lowest BCUT2D eigenvalue weighted by Crippen LogP contribution is -2.40. The van der Waals surface area contributed by atoms with Gasteiger partial charge in [0, 0.05) is 10.8 Å². The smallest absolute Gasteiger partial charge is 0.186 e. The molecule has 1 heterocycles. The van der Waals surface area contributed by atoms with Gasteiger partial charge in [0.15, 0.2) is 4.93 Å². The van der Waals surface area contributed by atoms with E-state index in [-0.39, 0.29) is 11.7 Å². The normalized spacial score (nSPS) is 28.0. The van der Waals surface area contributed by atoms with E-state index in [1.54, 1.807) is 11.8 Å². The highest BCUT2D eigenvalue weighted by Crippen LogP contribution is 2.50. The number of carbonyl (C=O) groups is 1. The number of carbonyl (C=O) groups excluding carboxylic acids is 1. The molecule has 1 aromatic rings. The number of hydrogen-bond acceptors (Lipinski definition) is 3. The third kappa shape index (κ3) is 2.80. The minimum Gasteiger partial charge on any atom is -0.475 e. The van der Waals surface area contributed by atoms with Crippen LogP contribution in [0.4, 0.5) is 0 Å². The zero-order valence-electron chi connectivity index (χ0n) is 12.4. The molecule has 0 aromatic heterocycles. The number of hydrogen-bond donors (Lipinski definition) is 0. The molecule has 1 aromatic carbocycles. The molecular formula is C18H20O2S. The Balaban J connectivity index is 2.02. The summed E-state index contributed by atoms with van der Waals surface area (Å²) < 4.78 is 6.40. The van der Waals surface area contributed by atoms with Gasteiger partial charge in [-0.05, 0) is 12.5 Å². The molecule has 110 valence electrons. The maximum absolute atomic E-state index is 12.6. The minimum absolute atomic E-state index is 0.0837. The van der Waals surface area contributed by atoms with Crippen molar-refractivity contribution in [3.05, 3.63) is 59.9 Å². The van der Waals surface area contributed by atoms with Gasteiger partial charge in [0.25, 0.3) is 0 Å². The molecule has 2 aliphatic rings. The Morgan fingerprint density at radius 2 is 2.05 bits per heavy atom. The molecule has 2 unspecified atom stereocenters. The molecule has 0 bridgehead atoms. The Bertz CT molecular complexity index is 588. The highest BCUT2D eigenvalue weighted by Gasteiger charge is 2.46. The van der Waals surface area contributed by atoms with E-state index in [0.29, 0.717) is 11.7 Å². The lowest BCUT2D eigenvalue weighted by molar-refractivity contribution is -0.132. The van der Waals surface area contributed by atoms with E-state index in [4.69, 9.17) is 4.74 Å². The first-order valence-electron chi connectivity index (χ1n) is 7.42. The number of allylic oxidation sites excluding steroid dienone is 4. The fourth-order valence-corrected chi connectivity index (χ4v) is 4.36. The van der Waals surface area contributed by atoms with Gasteiger partial charge in [0.2, 0.25) is 0 Å². The van der Waals surface area contributed by atoms with Crippen LogP contribution in [0.1, 0.15) is 32.3 Å². The van der Waals surface area contributed by atoms with E-state index in [0.717, 1.165) is 17.7 Å². The second kappa shape index (κ2) is 5.72. The summed E-state index contributed by atoms with van der Waals surface area (Å²) in [5, 5.41) is 0.384. The van der Waals surface area contributed by atoms with Gasteiger partial charge in [-0.25, -0.2) is 0 Å². The van der Waals surface area contributed by atoms with E-state index in [9.17, 15) is 4.79 Å². The van der Waals surface area contributed by atoms with E-state index < -0.39 is 4.93 Å². The van der Waals surface area contributed by atoms with Crippen LogP contribution in [-0.2, 0) is 14.5 Å². The molecule has 0 amide bonds. The maximum Gasteiger partial charge on any atom is 0.186 e. The molecule has 1 aliphatic carbocycles. The van der Waals surface area contributed by atoms with Gasteiger partial charge in [0.05, 0.1) is 12.3 Å². The van der Waals surface area contributed by atoms with Gasteiger partial charge in [-0.1, -0.05) is 56.3 Å². The molecule has 3 heteroatoms. The number of benzene rings is 1. The van der Waals surface area contributed by atoms with Crippen LogP contribution in [0.5, 0.6) is 0 Å². The lowest BCUT2D eigenvalue weighted by atomic mass is 9.86. The standard InChI is InChI=1S/C18H20O2S/c1-13(2)21-18(14-8-4-3-5-9-14)12-16(19)15-10-6-7-11-17(15)20-18/h3-9,11,13,15H,10,12H2,1-2H3. The summed E-state index contributed by atoms with van der Waals surface area (Å²) >= 11 is 1.73. The topological polar surface area (TPSA) is 26.3 Å². The summed E-state index contributed by atoms with van der Waals surface area (Å²) in [5.74, 6) is 1.03. The number of ketones is 1. The Kier molecular flexibility index (Phi) is 3.94. The Morgan fingerprint density at radius 3 is 2.76 bits per heavy atom. The molecule has 1 aliphatic heterocycles. The third-order valence-electron chi connectivity index (χ3n) is 3.83. The fraction of sp³-hybridized carbons (Fsp3) is 0.389. The summed E-state index contributed by atoms with van der Waals surface area (Å²) in [4.78, 5) is 12.0. The summed E-state index contributed by atoms with van der Waals surface area (Å²) in [6, 6.07) is 10.1. The van der Waals surface area contributed by atoms with Crippen LogP contribution < -0.4 is 0 Å². The first kappa shape index (κ1) is 14.5. The Labute approximate surface area is 130 Å². The van der Waals surface area contributed by atoms with Crippen LogP contribution >= 0.6 is 11.8 Å². The van der Waals surface area contributed by atoms with Crippen LogP contribution in [0, 0.1) is 5.92 Å². The summed E-state index contributed by atoms with van der Waals surface area (Å²) in [7, 11) is 0. The van der Waals surface area contributed by atoms with E-state index in [1.165, 1.54) is 0 Å². The molecule has 2 nitrogen and oxygen atoms in total. The van der Waals surface area contributed by atoms with E-state index in [2.05, 4.69) is 26.0 Å². The molecule has 3 rings (SSSR count). The summed E-state index contributed by atoms with van der Waals surface area (Å²) in [6.45, 7) is 4.29. The molecule has 2 atom stereocenters. The second-order valence-electron chi connectivity index (χ2n) is 5.82. The molecule has 0 radical (unpaired) electrons. The van der Waals surface area contributed by atoms with E-state index >= 15 is 0 Å². The molecule has 1 saturated heterocycles. The first-order valence-corrected chi connectivity index (χ1v) is 8.30. The van der Waals surface area contributed by atoms with Crippen molar-refractivity contribution in [2.75, 3.05) is 0 Å². The lowest BCUT2D eigenvalue weighted by Gasteiger charge is -2.42. The van der Waals surface area contributed by atoms with Gasteiger partial charge < -0.3 is 4.74 Å². The van der Waals surface area contributed by atoms with Crippen molar-refractivity contribution in [1.82, 2.24) is 0 Å². The number of Topliss-reactive ketones (excluding diaryl/α,β-unsaturated/α-hetero) is 1. The monoisotopic (exact) mass is 300 g/mol. The van der Waals surface area contributed by atoms with Crippen molar-refractivity contribution in [1.29, 1.82) is 0 Å². The zero-order valence-corrected chi connectivity index (χ0v) is 13.2. The molecule has 0 spiro atoms. The van der Waals surface area contributed by atoms with Gasteiger partial charge >= 0.3 is 0 Å². The van der Waals surface area contributed by atoms with Gasteiger partial charge in [-0.3, -0.25) is 4.79 Å². The maximum atomic E-state index is 12.6. The predicted molar refractivity (Wildman–Crippen MR) is 86.9 cm³/mol. The first-order chi connectivity index (χ1) is 10.1. The summed E-state index contributed by atoms with van der Waals surface area (Å²) in [6.07, 6.45) is 7.18. The van der Waals surface area contributed by atoms with Crippen LogP contribution in [0.15, 0.2) is 54.3 Å². The highest BCUT2D eigenvalue weighted by molar-refractivity contribution is 8.00. The van der Waals surface area contributed by atoms with Gasteiger partial charge in [-0.15, -0.1) is 11.8 Å². The van der Waals surface area contributed by atoms with Crippen molar-refractivity contribution >= 4 is 17.5 Å². The van der Waals surface area contributed by atoms with Crippen molar-refractivity contribution < 1.29 is 9.53 Å². The van der Waals surface area contributed by atoms with Crippen LogP contribution in [0.2, 0.25) is 0 Å². The quantitative estimate of drug-likeness (QED) is 0.826. The SMILES string of the molecule is CC(C)SC1(c2ccccc2)CC(=O)C2CC=CC=C2O1. The summed E-state index contributed by atoms with van der Waals surface area (Å²) in [5.41, 5.74) is 1.07. The minimum atomic E-state index is -0.583. The average Bonchev–Trinajstić information content (AvgIpc) is 2.47. The fourth-order valence-electron chi connectivity index (χ4n) is 2.95. The zero-order chi connectivity index (χ0) is 14.9. The van der Waals surface area contributed by atoms with Crippen molar-refractivity contribution in [2.24, 2.45) is 5.92 Å². The van der Waals surface area contributed by atoms with Gasteiger partial charge in [0.1, 0.15) is 11.5 Å².